The van der Waals surface area contributed by atoms with Crippen LogP contribution in [0.25, 0.3) is 0 Å². The zero-order valence-corrected chi connectivity index (χ0v) is 14.7. The van der Waals surface area contributed by atoms with E-state index >= 15 is 0 Å². The third-order valence-corrected chi connectivity index (χ3v) is 4.35. The van der Waals surface area contributed by atoms with Gasteiger partial charge in [0.2, 0.25) is 5.91 Å². The van der Waals surface area contributed by atoms with Gasteiger partial charge in [-0.05, 0) is 44.0 Å². The molecular formula is C15H20BrNO3S. The third-order valence-electron chi connectivity index (χ3n) is 2.68. The second-order valence-electron chi connectivity index (χ2n) is 4.46. The Morgan fingerprint density at radius 2 is 2.14 bits per heavy atom. The van der Waals surface area contributed by atoms with E-state index in [1.54, 1.807) is 6.92 Å². The molecular weight excluding hydrogens is 354 g/mol. The lowest BCUT2D eigenvalue weighted by atomic mass is 10.2. The molecule has 0 saturated carbocycles. The first-order valence-corrected chi connectivity index (χ1v) is 8.62. The lowest BCUT2D eigenvalue weighted by Crippen LogP contribution is -2.26. The molecule has 1 rings (SSSR count). The lowest BCUT2D eigenvalue weighted by Gasteiger charge is -2.07. The first-order valence-electron chi connectivity index (χ1n) is 6.84. The molecule has 0 bridgehead atoms. The van der Waals surface area contributed by atoms with Crippen LogP contribution in [-0.4, -0.2) is 30.8 Å². The molecule has 0 aliphatic heterocycles. The summed E-state index contributed by atoms with van der Waals surface area (Å²) in [7, 11) is 0. The van der Waals surface area contributed by atoms with Crippen molar-refractivity contribution in [3.63, 3.8) is 0 Å². The Bertz CT molecular complexity index is 494. The summed E-state index contributed by atoms with van der Waals surface area (Å²) in [6, 6.07) is 5.99. The van der Waals surface area contributed by atoms with Crippen molar-refractivity contribution in [3.8, 4) is 0 Å². The van der Waals surface area contributed by atoms with Crippen LogP contribution in [0.2, 0.25) is 0 Å². The van der Waals surface area contributed by atoms with Crippen LogP contribution < -0.4 is 5.32 Å². The molecule has 1 aromatic carbocycles. The fourth-order valence-electron chi connectivity index (χ4n) is 1.66. The van der Waals surface area contributed by atoms with Crippen LogP contribution in [0.4, 0.5) is 0 Å². The highest BCUT2D eigenvalue weighted by atomic mass is 79.9. The van der Waals surface area contributed by atoms with Gasteiger partial charge in [-0.15, -0.1) is 11.8 Å². The zero-order chi connectivity index (χ0) is 15.7. The van der Waals surface area contributed by atoms with Crippen LogP contribution in [0.3, 0.4) is 0 Å². The van der Waals surface area contributed by atoms with Crippen molar-refractivity contribution in [1.82, 2.24) is 5.32 Å². The molecule has 21 heavy (non-hydrogen) atoms. The Hall–Kier alpha value is -1.01. The maximum absolute atomic E-state index is 11.7. The van der Waals surface area contributed by atoms with E-state index in [0.29, 0.717) is 31.7 Å². The smallest absolute Gasteiger partial charge is 0.305 e. The van der Waals surface area contributed by atoms with Gasteiger partial charge in [0.1, 0.15) is 0 Å². The molecule has 1 aromatic rings. The SMILES string of the molecule is CCOC(=O)CCCNC(=O)CSc1ccc(Br)cc1C. The standard InChI is InChI=1S/C15H20BrNO3S/c1-3-20-15(19)5-4-8-17-14(18)10-21-13-7-6-12(16)9-11(13)2/h6-7,9H,3-5,8,10H2,1-2H3,(H,17,18). The molecule has 1 N–H and O–H groups in total. The van der Waals surface area contributed by atoms with E-state index in [4.69, 9.17) is 4.74 Å². The van der Waals surface area contributed by atoms with E-state index in [-0.39, 0.29) is 11.9 Å². The number of esters is 1. The van der Waals surface area contributed by atoms with Crippen molar-refractivity contribution in [2.24, 2.45) is 0 Å². The van der Waals surface area contributed by atoms with Gasteiger partial charge in [0.05, 0.1) is 12.4 Å². The molecule has 4 nitrogen and oxygen atoms in total. The lowest BCUT2D eigenvalue weighted by molar-refractivity contribution is -0.143. The minimum atomic E-state index is -0.216. The van der Waals surface area contributed by atoms with Gasteiger partial charge in [-0.1, -0.05) is 15.9 Å². The summed E-state index contributed by atoms with van der Waals surface area (Å²) in [5.74, 6) is 0.139. The monoisotopic (exact) mass is 373 g/mol. The van der Waals surface area contributed by atoms with Crippen molar-refractivity contribution in [1.29, 1.82) is 0 Å². The highest BCUT2D eigenvalue weighted by Crippen LogP contribution is 2.24. The van der Waals surface area contributed by atoms with Crippen molar-refractivity contribution in [3.05, 3.63) is 28.2 Å². The van der Waals surface area contributed by atoms with Crippen LogP contribution in [0.15, 0.2) is 27.6 Å². The van der Waals surface area contributed by atoms with Crippen LogP contribution in [0.5, 0.6) is 0 Å². The fourth-order valence-corrected chi connectivity index (χ4v) is 2.98. The number of nitrogens with one attached hydrogen (secondary N) is 1. The number of hydrogen-bond donors (Lipinski definition) is 1. The van der Waals surface area contributed by atoms with Gasteiger partial charge in [0.25, 0.3) is 0 Å². The Balaban J connectivity index is 2.21. The largest absolute Gasteiger partial charge is 0.466 e. The van der Waals surface area contributed by atoms with Crippen LogP contribution in [-0.2, 0) is 14.3 Å². The minimum Gasteiger partial charge on any atom is -0.466 e. The summed E-state index contributed by atoms with van der Waals surface area (Å²) in [4.78, 5) is 23.9. The third kappa shape index (κ3) is 7.52. The van der Waals surface area contributed by atoms with Gasteiger partial charge in [-0.25, -0.2) is 0 Å². The van der Waals surface area contributed by atoms with E-state index in [0.717, 1.165) is 14.9 Å². The molecule has 6 heteroatoms. The Morgan fingerprint density at radius 3 is 2.81 bits per heavy atom. The van der Waals surface area contributed by atoms with E-state index in [1.165, 1.54) is 11.8 Å². The first-order chi connectivity index (χ1) is 10.0. The van der Waals surface area contributed by atoms with E-state index in [2.05, 4.69) is 21.2 Å². The van der Waals surface area contributed by atoms with Gasteiger partial charge in [-0.2, -0.15) is 0 Å². The molecule has 0 aromatic heterocycles. The number of rotatable bonds is 8. The number of benzene rings is 1. The zero-order valence-electron chi connectivity index (χ0n) is 12.3. The quantitative estimate of drug-likeness (QED) is 0.431. The predicted molar refractivity (Wildman–Crippen MR) is 88.5 cm³/mol. The molecule has 0 unspecified atom stereocenters. The Kier molecular flexibility index (Phi) is 8.45. The maximum atomic E-state index is 11.7. The molecule has 0 heterocycles. The minimum absolute atomic E-state index is 0.0221. The molecule has 0 radical (unpaired) electrons. The molecule has 0 atom stereocenters. The second-order valence-corrected chi connectivity index (χ2v) is 6.39. The van der Waals surface area contributed by atoms with Gasteiger partial charge in [0, 0.05) is 22.3 Å². The topological polar surface area (TPSA) is 55.4 Å². The van der Waals surface area contributed by atoms with Gasteiger partial charge in [-0.3, -0.25) is 9.59 Å². The highest BCUT2D eigenvalue weighted by molar-refractivity contribution is 9.10. The Morgan fingerprint density at radius 1 is 1.38 bits per heavy atom. The van der Waals surface area contributed by atoms with Crippen molar-refractivity contribution < 1.29 is 14.3 Å². The van der Waals surface area contributed by atoms with Crippen molar-refractivity contribution >= 4 is 39.6 Å². The summed E-state index contributed by atoms with van der Waals surface area (Å²) in [5, 5.41) is 2.80. The summed E-state index contributed by atoms with van der Waals surface area (Å²) >= 11 is 4.93. The molecule has 0 aliphatic rings. The number of hydrogen-bond acceptors (Lipinski definition) is 4. The number of halogens is 1. The fraction of sp³-hybridized carbons (Fsp3) is 0.467. The summed E-state index contributed by atoms with van der Waals surface area (Å²) in [6.07, 6.45) is 0.944. The molecule has 0 spiro atoms. The molecule has 116 valence electrons. The predicted octanol–water partition coefficient (Wildman–Crippen LogP) is 3.31. The average Bonchev–Trinajstić information content (AvgIpc) is 2.43. The van der Waals surface area contributed by atoms with Crippen molar-refractivity contribution in [2.75, 3.05) is 18.9 Å². The number of thioether (sulfide) groups is 1. The first kappa shape index (κ1) is 18.0. The molecule has 0 aliphatic carbocycles. The van der Waals surface area contributed by atoms with Gasteiger partial charge < -0.3 is 10.1 Å². The molecule has 0 fully saturated rings. The highest BCUT2D eigenvalue weighted by Gasteiger charge is 2.06. The van der Waals surface area contributed by atoms with E-state index in [1.807, 2.05) is 25.1 Å². The van der Waals surface area contributed by atoms with Crippen LogP contribution >= 0.6 is 27.7 Å². The van der Waals surface area contributed by atoms with Gasteiger partial charge in [0.15, 0.2) is 0 Å². The van der Waals surface area contributed by atoms with Crippen molar-refractivity contribution in [2.45, 2.75) is 31.6 Å². The average molecular weight is 374 g/mol. The van der Waals surface area contributed by atoms with E-state index in [9.17, 15) is 9.59 Å². The normalized spacial score (nSPS) is 10.2. The number of aryl methyl sites for hydroxylation is 1. The number of amides is 1. The summed E-state index contributed by atoms with van der Waals surface area (Å²) in [6.45, 7) is 4.69. The van der Waals surface area contributed by atoms with E-state index < -0.39 is 0 Å². The Labute approximate surface area is 138 Å². The summed E-state index contributed by atoms with van der Waals surface area (Å²) < 4.78 is 5.85. The van der Waals surface area contributed by atoms with Gasteiger partial charge >= 0.3 is 5.97 Å². The summed E-state index contributed by atoms with van der Waals surface area (Å²) in [5.41, 5.74) is 1.14. The molecule has 0 saturated heterocycles. The van der Waals surface area contributed by atoms with Crippen LogP contribution in [0, 0.1) is 6.92 Å². The number of ether oxygens (including phenoxy) is 1. The molecule has 1 amide bonds. The number of carbonyl (C=O) groups is 2. The second kappa shape index (κ2) is 9.84. The number of carbonyl (C=O) groups excluding carboxylic acids is 2. The maximum Gasteiger partial charge on any atom is 0.305 e. The van der Waals surface area contributed by atoms with Crippen LogP contribution in [0.1, 0.15) is 25.3 Å².